The highest BCUT2D eigenvalue weighted by molar-refractivity contribution is 6.69. The molecular formula is C17H22ClN. The summed E-state index contributed by atoms with van der Waals surface area (Å²) in [4.78, 5) is 4.46. The molecular weight excluding hydrogens is 254 g/mol. The Hall–Kier alpha value is -0.820. The van der Waals surface area contributed by atoms with Crippen molar-refractivity contribution in [3.8, 4) is 0 Å². The maximum absolute atomic E-state index is 6.25. The first kappa shape index (κ1) is 13.2. The van der Waals surface area contributed by atoms with E-state index in [1.54, 1.807) is 0 Å². The molecule has 0 bridgehead atoms. The van der Waals surface area contributed by atoms with Gasteiger partial charge in [-0.15, -0.1) is 0 Å². The van der Waals surface area contributed by atoms with E-state index < -0.39 is 0 Å². The third-order valence-electron chi connectivity index (χ3n) is 4.83. The lowest BCUT2D eigenvalue weighted by Crippen LogP contribution is -2.16. The summed E-state index contributed by atoms with van der Waals surface area (Å²) in [6.07, 6.45) is 6.65. The molecule has 0 aromatic heterocycles. The van der Waals surface area contributed by atoms with E-state index in [4.69, 9.17) is 11.6 Å². The largest absolute Gasteiger partial charge is 0.269 e. The first-order valence-electron chi connectivity index (χ1n) is 7.51. The van der Waals surface area contributed by atoms with Crippen molar-refractivity contribution in [3.05, 3.63) is 34.9 Å². The van der Waals surface area contributed by atoms with Gasteiger partial charge in [-0.05, 0) is 49.1 Å². The lowest BCUT2D eigenvalue weighted by atomic mass is 9.84. The van der Waals surface area contributed by atoms with E-state index in [0.29, 0.717) is 17.1 Å². The van der Waals surface area contributed by atoms with Crippen molar-refractivity contribution >= 4 is 16.8 Å². The van der Waals surface area contributed by atoms with Crippen LogP contribution in [0.25, 0.3) is 0 Å². The van der Waals surface area contributed by atoms with Crippen LogP contribution in [-0.4, -0.2) is 11.2 Å². The van der Waals surface area contributed by atoms with Gasteiger partial charge in [0.05, 0.1) is 6.04 Å². The Balaban J connectivity index is 1.89. The van der Waals surface area contributed by atoms with Gasteiger partial charge in [0.25, 0.3) is 0 Å². The predicted octanol–water partition coefficient (Wildman–Crippen LogP) is 4.91. The molecule has 19 heavy (non-hydrogen) atoms. The topological polar surface area (TPSA) is 12.4 Å². The number of halogens is 1. The van der Waals surface area contributed by atoms with Crippen molar-refractivity contribution < 1.29 is 0 Å². The second kappa shape index (κ2) is 5.28. The number of rotatable bonds is 2. The predicted molar refractivity (Wildman–Crippen MR) is 82.4 cm³/mol. The molecule has 0 amide bonds. The third kappa shape index (κ3) is 2.58. The first-order chi connectivity index (χ1) is 9.15. The fourth-order valence-corrected chi connectivity index (χ4v) is 3.97. The summed E-state index contributed by atoms with van der Waals surface area (Å²) < 4.78 is 0. The van der Waals surface area contributed by atoms with Crippen molar-refractivity contribution in [3.63, 3.8) is 0 Å². The Morgan fingerprint density at radius 1 is 1.26 bits per heavy atom. The summed E-state index contributed by atoms with van der Waals surface area (Å²) in [6.45, 7) is 4.53. The highest BCUT2D eigenvalue weighted by atomic mass is 35.5. The molecule has 0 spiro atoms. The molecule has 0 saturated heterocycles. The van der Waals surface area contributed by atoms with Gasteiger partial charge in [-0.25, -0.2) is 0 Å². The zero-order chi connectivity index (χ0) is 13.4. The maximum Gasteiger partial charge on any atom is 0.131 e. The van der Waals surface area contributed by atoms with Gasteiger partial charge in [0.2, 0.25) is 0 Å². The molecule has 1 saturated carbocycles. The monoisotopic (exact) mass is 275 g/mol. The number of hydrogen-bond donors (Lipinski definition) is 0. The number of hydrogen-bond acceptors (Lipinski definition) is 1. The molecule has 1 heterocycles. The molecule has 1 aromatic rings. The quantitative estimate of drug-likeness (QED) is 0.727. The summed E-state index contributed by atoms with van der Waals surface area (Å²) in [7, 11) is 0. The Kier molecular flexibility index (Phi) is 3.66. The highest BCUT2D eigenvalue weighted by Crippen LogP contribution is 2.38. The van der Waals surface area contributed by atoms with Gasteiger partial charge in [0.1, 0.15) is 5.17 Å². The lowest BCUT2D eigenvalue weighted by molar-refractivity contribution is 0.460. The molecule has 2 unspecified atom stereocenters. The van der Waals surface area contributed by atoms with Crippen LogP contribution in [0.3, 0.4) is 0 Å². The van der Waals surface area contributed by atoms with Gasteiger partial charge < -0.3 is 0 Å². The second-order valence-electron chi connectivity index (χ2n) is 6.22. The molecule has 2 atom stereocenters. The van der Waals surface area contributed by atoms with Gasteiger partial charge in [-0.2, -0.15) is 0 Å². The molecule has 2 aliphatic rings. The molecule has 1 nitrogen and oxygen atoms in total. The van der Waals surface area contributed by atoms with E-state index in [1.165, 1.54) is 36.8 Å². The Morgan fingerprint density at radius 2 is 2.00 bits per heavy atom. The Labute approximate surface area is 121 Å². The molecule has 1 aliphatic carbocycles. The molecule has 1 fully saturated rings. The van der Waals surface area contributed by atoms with Crippen LogP contribution in [0, 0.1) is 5.92 Å². The van der Waals surface area contributed by atoms with Crippen LogP contribution in [-0.2, 0) is 6.42 Å². The maximum atomic E-state index is 6.25. The summed E-state index contributed by atoms with van der Waals surface area (Å²) in [6, 6.07) is 7.13. The van der Waals surface area contributed by atoms with Crippen LogP contribution in [0.2, 0.25) is 0 Å². The van der Waals surface area contributed by atoms with Crippen LogP contribution in [0.4, 0.5) is 0 Å². The van der Waals surface area contributed by atoms with Crippen LogP contribution >= 0.6 is 11.6 Å². The average Bonchev–Trinajstić information content (AvgIpc) is 2.90. The van der Waals surface area contributed by atoms with Gasteiger partial charge in [0, 0.05) is 5.56 Å². The number of fused-ring (bicyclic) bond motifs is 1. The van der Waals surface area contributed by atoms with E-state index in [1.807, 2.05) is 0 Å². The SMILES string of the molecule is CC1Cc2cc(C(C)C3CCCC3)ccc2C(Cl)=N1. The molecule has 3 rings (SSSR count). The Morgan fingerprint density at radius 3 is 2.74 bits per heavy atom. The van der Waals surface area contributed by atoms with Crippen molar-refractivity contribution in [1.29, 1.82) is 0 Å². The second-order valence-corrected chi connectivity index (χ2v) is 6.58. The van der Waals surface area contributed by atoms with Crippen molar-refractivity contribution in [2.45, 2.75) is 57.9 Å². The number of aliphatic imine (C=N–C) groups is 1. The molecule has 1 aliphatic heterocycles. The normalized spacial score (nSPS) is 25.0. The Bertz CT molecular complexity index is 500. The number of benzene rings is 1. The fourth-order valence-electron chi connectivity index (χ4n) is 3.62. The van der Waals surface area contributed by atoms with Crippen molar-refractivity contribution in [2.24, 2.45) is 10.9 Å². The molecule has 1 aromatic carbocycles. The van der Waals surface area contributed by atoms with Crippen molar-refractivity contribution in [1.82, 2.24) is 0 Å². The first-order valence-corrected chi connectivity index (χ1v) is 7.89. The summed E-state index contributed by atoms with van der Waals surface area (Å²) >= 11 is 6.25. The molecule has 102 valence electrons. The van der Waals surface area contributed by atoms with E-state index in [2.05, 4.69) is 37.0 Å². The van der Waals surface area contributed by atoms with Gasteiger partial charge in [0.15, 0.2) is 0 Å². The highest BCUT2D eigenvalue weighted by Gasteiger charge is 2.24. The van der Waals surface area contributed by atoms with E-state index in [9.17, 15) is 0 Å². The van der Waals surface area contributed by atoms with Gasteiger partial charge in [-0.3, -0.25) is 4.99 Å². The number of nitrogens with zero attached hydrogens (tertiary/aromatic N) is 1. The minimum absolute atomic E-state index is 0.317. The van der Waals surface area contributed by atoms with Crippen molar-refractivity contribution in [2.75, 3.05) is 0 Å². The van der Waals surface area contributed by atoms with E-state index in [-0.39, 0.29) is 0 Å². The van der Waals surface area contributed by atoms with Crippen LogP contribution in [0.5, 0.6) is 0 Å². The summed E-state index contributed by atoms with van der Waals surface area (Å²) in [5.41, 5.74) is 4.02. The standard InChI is InChI=1S/C17H22ClN/c1-11-9-15-10-14(7-8-16(15)17(18)19-11)12(2)13-5-3-4-6-13/h7-8,10-13H,3-6,9H2,1-2H3. The molecule has 0 N–H and O–H groups in total. The van der Waals surface area contributed by atoms with Gasteiger partial charge >= 0.3 is 0 Å². The fraction of sp³-hybridized carbons (Fsp3) is 0.588. The minimum atomic E-state index is 0.317. The lowest BCUT2D eigenvalue weighted by Gasteiger charge is -2.23. The van der Waals surface area contributed by atoms with E-state index >= 15 is 0 Å². The smallest absolute Gasteiger partial charge is 0.131 e. The van der Waals surface area contributed by atoms with Crippen LogP contribution in [0.15, 0.2) is 23.2 Å². The van der Waals surface area contributed by atoms with Gasteiger partial charge in [-0.1, -0.05) is 49.6 Å². The zero-order valence-corrected chi connectivity index (χ0v) is 12.6. The zero-order valence-electron chi connectivity index (χ0n) is 11.8. The minimum Gasteiger partial charge on any atom is -0.269 e. The van der Waals surface area contributed by atoms with Crippen LogP contribution < -0.4 is 0 Å². The summed E-state index contributed by atoms with van der Waals surface area (Å²) in [5, 5.41) is 0.689. The van der Waals surface area contributed by atoms with Crippen LogP contribution in [0.1, 0.15) is 62.1 Å². The summed E-state index contributed by atoms with van der Waals surface area (Å²) in [5.74, 6) is 1.56. The van der Waals surface area contributed by atoms with E-state index in [0.717, 1.165) is 17.9 Å². The molecule has 0 radical (unpaired) electrons. The average molecular weight is 276 g/mol. The third-order valence-corrected chi connectivity index (χ3v) is 5.13. The molecule has 2 heteroatoms.